The Morgan fingerprint density at radius 3 is 3.13 bits per heavy atom. The Kier molecular flexibility index (Phi) is 2.96. The first-order chi connectivity index (χ1) is 7.29. The predicted octanol–water partition coefficient (Wildman–Crippen LogP) is 1.40. The molecule has 80 valence electrons. The van der Waals surface area contributed by atoms with Gasteiger partial charge in [0.1, 0.15) is 12.2 Å². The number of nitrogens with zero attached hydrogens (tertiary/aromatic N) is 5. The van der Waals surface area contributed by atoms with Crippen LogP contribution in [0.1, 0.15) is 30.2 Å². The quantitative estimate of drug-likeness (QED) is 0.739. The zero-order valence-electron chi connectivity index (χ0n) is 8.17. The molecule has 0 radical (unpaired) electrons. The van der Waals surface area contributed by atoms with E-state index in [0.29, 0.717) is 12.4 Å². The second kappa shape index (κ2) is 4.39. The summed E-state index contributed by atoms with van der Waals surface area (Å²) in [6.45, 7) is 2.44. The summed E-state index contributed by atoms with van der Waals surface area (Å²) in [7, 11) is 0. The highest BCUT2D eigenvalue weighted by molar-refractivity contribution is 6.20. The maximum atomic E-state index is 6.02. The molecule has 0 aliphatic rings. The highest BCUT2D eigenvalue weighted by atomic mass is 35.5. The van der Waals surface area contributed by atoms with Crippen molar-refractivity contribution in [1.29, 1.82) is 0 Å². The lowest BCUT2D eigenvalue weighted by Crippen LogP contribution is -2.01. The first-order valence-electron chi connectivity index (χ1n) is 4.59. The summed E-state index contributed by atoms with van der Waals surface area (Å²) < 4.78 is 6.24. The van der Waals surface area contributed by atoms with Gasteiger partial charge in [-0.25, -0.2) is 4.68 Å². The van der Waals surface area contributed by atoms with E-state index < -0.39 is 0 Å². The van der Waals surface area contributed by atoms with Gasteiger partial charge in [0.2, 0.25) is 6.39 Å². The van der Waals surface area contributed by atoms with Gasteiger partial charge in [0, 0.05) is 0 Å². The van der Waals surface area contributed by atoms with Gasteiger partial charge in [-0.2, -0.15) is 4.98 Å². The van der Waals surface area contributed by atoms with Crippen molar-refractivity contribution < 1.29 is 4.52 Å². The number of hydrogen-bond donors (Lipinski definition) is 0. The molecule has 0 bridgehead atoms. The van der Waals surface area contributed by atoms with Gasteiger partial charge < -0.3 is 4.52 Å². The van der Waals surface area contributed by atoms with Gasteiger partial charge in [-0.1, -0.05) is 17.3 Å². The van der Waals surface area contributed by atoms with Crippen LogP contribution in [0.25, 0.3) is 0 Å². The standard InChI is InChI=1S/C8H10ClN5O/c1-2-6(9)7-3-14(13-11-7)4-8-10-5-15-12-8/h3,5-6H,2,4H2,1H3. The molecule has 2 rings (SSSR count). The van der Waals surface area contributed by atoms with E-state index in [-0.39, 0.29) is 5.38 Å². The van der Waals surface area contributed by atoms with Crippen molar-refractivity contribution >= 4 is 11.6 Å². The van der Waals surface area contributed by atoms with Gasteiger partial charge in [0.05, 0.1) is 11.6 Å². The fourth-order valence-corrected chi connectivity index (χ4v) is 1.25. The molecule has 2 aromatic heterocycles. The van der Waals surface area contributed by atoms with Crippen LogP contribution in [0.5, 0.6) is 0 Å². The number of aromatic nitrogens is 5. The van der Waals surface area contributed by atoms with Gasteiger partial charge in [-0.3, -0.25) is 0 Å². The number of halogens is 1. The maximum absolute atomic E-state index is 6.02. The van der Waals surface area contributed by atoms with Crippen LogP contribution in [0.4, 0.5) is 0 Å². The molecule has 15 heavy (non-hydrogen) atoms. The summed E-state index contributed by atoms with van der Waals surface area (Å²) in [5.41, 5.74) is 0.766. The van der Waals surface area contributed by atoms with E-state index in [9.17, 15) is 0 Å². The molecule has 0 fully saturated rings. The fraction of sp³-hybridized carbons (Fsp3) is 0.500. The summed E-state index contributed by atoms with van der Waals surface area (Å²) in [6.07, 6.45) is 3.89. The Labute approximate surface area is 91.2 Å². The van der Waals surface area contributed by atoms with Gasteiger partial charge in [-0.15, -0.1) is 16.7 Å². The minimum atomic E-state index is -0.0935. The summed E-state index contributed by atoms with van der Waals surface area (Å²) in [5, 5.41) is 11.5. The van der Waals surface area contributed by atoms with Crippen molar-refractivity contribution in [1.82, 2.24) is 25.1 Å². The molecule has 0 saturated heterocycles. The largest absolute Gasteiger partial charge is 0.343 e. The molecule has 0 aliphatic carbocycles. The molecule has 0 aromatic carbocycles. The van der Waals surface area contributed by atoms with E-state index in [1.807, 2.05) is 6.92 Å². The van der Waals surface area contributed by atoms with Crippen LogP contribution in [-0.4, -0.2) is 25.1 Å². The molecule has 6 nitrogen and oxygen atoms in total. The lowest BCUT2D eigenvalue weighted by Gasteiger charge is -1.98. The first kappa shape index (κ1) is 10.1. The zero-order chi connectivity index (χ0) is 10.7. The van der Waals surface area contributed by atoms with E-state index in [4.69, 9.17) is 11.6 Å². The molecule has 1 unspecified atom stereocenters. The average molecular weight is 228 g/mol. The molecular weight excluding hydrogens is 218 g/mol. The summed E-state index contributed by atoms with van der Waals surface area (Å²) in [6, 6.07) is 0. The molecule has 0 saturated carbocycles. The zero-order valence-corrected chi connectivity index (χ0v) is 8.92. The molecule has 2 aromatic rings. The topological polar surface area (TPSA) is 69.6 Å². The van der Waals surface area contributed by atoms with Crippen LogP contribution in [0.3, 0.4) is 0 Å². The van der Waals surface area contributed by atoms with Crippen LogP contribution in [0.2, 0.25) is 0 Å². The van der Waals surface area contributed by atoms with Gasteiger partial charge in [-0.05, 0) is 6.42 Å². The lowest BCUT2D eigenvalue weighted by atomic mass is 10.3. The normalized spacial score (nSPS) is 12.9. The molecule has 7 heteroatoms. The summed E-state index contributed by atoms with van der Waals surface area (Å²) in [5.74, 6) is 0.564. The van der Waals surface area contributed by atoms with Crippen LogP contribution in [0, 0.1) is 0 Å². The van der Waals surface area contributed by atoms with Crippen LogP contribution < -0.4 is 0 Å². The first-order valence-corrected chi connectivity index (χ1v) is 5.02. The third-order valence-corrected chi connectivity index (χ3v) is 2.48. The van der Waals surface area contributed by atoms with Gasteiger partial charge in [0.15, 0.2) is 5.82 Å². The average Bonchev–Trinajstić information content (AvgIpc) is 2.88. The molecule has 2 heterocycles. The van der Waals surface area contributed by atoms with E-state index in [1.165, 1.54) is 6.39 Å². The second-order valence-corrected chi connectivity index (χ2v) is 3.59. The monoisotopic (exact) mass is 227 g/mol. The van der Waals surface area contributed by atoms with Gasteiger partial charge >= 0.3 is 0 Å². The molecular formula is C8H10ClN5O. The highest BCUT2D eigenvalue weighted by Crippen LogP contribution is 2.20. The Morgan fingerprint density at radius 1 is 1.60 bits per heavy atom. The summed E-state index contributed by atoms with van der Waals surface area (Å²) >= 11 is 6.02. The maximum Gasteiger partial charge on any atom is 0.213 e. The number of alkyl halides is 1. The van der Waals surface area contributed by atoms with E-state index in [1.54, 1.807) is 10.9 Å². The minimum Gasteiger partial charge on any atom is -0.343 e. The minimum absolute atomic E-state index is 0.0935. The molecule has 0 spiro atoms. The van der Waals surface area contributed by atoms with Crippen molar-refractivity contribution in [3.8, 4) is 0 Å². The van der Waals surface area contributed by atoms with Crippen molar-refractivity contribution in [3.63, 3.8) is 0 Å². The van der Waals surface area contributed by atoms with E-state index in [0.717, 1.165) is 12.1 Å². The molecule has 0 amide bonds. The van der Waals surface area contributed by atoms with Gasteiger partial charge in [0.25, 0.3) is 0 Å². The number of rotatable bonds is 4. The lowest BCUT2D eigenvalue weighted by molar-refractivity contribution is 0.406. The van der Waals surface area contributed by atoms with E-state index in [2.05, 4.69) is 25.0 Å². The van der Waals surface area contributed by atoms with Crippen LogP contribution in [0.15, 0.2) is 17.1 Å². The van der Waals surface area contributed by atoms with E-state index >= 15 is 0 Å². The Hall–Kier alpha value is -1.43. The van der Waals surface area contributed by atoms with Crippen LogP contribution >= 0.6 is 11.6 Å². The van der Waals surface area contributed by atoms with Crippen molar-refractivity contribution in [2.45, 2.75) is 25.3 Å². The highest BCUT2D eigenvalue weighted by Gasteiger charge is 2.10. The third-order valence-electron chi connectivity index (χ3n) is 1.95. The summed E-state index contributed by atoms with van der Waals surface area (Å²) in [4.78, 5) is 3.89. The fourth-order valence-electron chi connectivity index (χ4n) is 1.15. The Morgan fingerprint density at radius 2 is 2.47 bits per heavy atom. The van der Waals surface area contributed by atoms with Crippen molar-refractivity contribution in [3.05, 3.63) is 24.1 Å². The van der Waals surface area contributed by atoms with Crippen molar-refractivity contribution in [2.75, 3.05) is 0 Å². The Balaban J connectivity index is 2.07. The molecule has 0 aliphatic heterocycles. The third kappa shape index (κ3) is 2.33. The smallest absolute Gasteiger partial charge is 0.213 e. The SMILES string of the molecule is CCC(Cl)c1cn(Cc2ncon2)nn1. The van der Waals surface area contributed by atoms with Crippen LogP contribution in [-0.2, 0) is 6.54 Å². The molecule has 1 atom stereocenters. The van der Waals surface area contributed by atoms with Crippen molar-refractivity contribution in [2.24, 2.45) is 0 Å². The predicted molar refractivity (Wildman–Crippen MR) is 52.3 cm³/mol. The number of hydrogen-bond acceptors (Lipinski definition) is 5. The molecule has 0 N–H and O–H groups in total. The second-order valence-electron chi connectivity index (χ2n) is 3.06. The Bertz CT molecular complexity index is 412.